The maximum absolute atomic E-state index is 12.6. The minimum Gasteiger partial charge on any atom is -0.306 e. The van der Waals surface area contributed by atoms with Gasteiger partial charge in [-0.15, -0.1) is 11.3 Å². The summed E-state index contributed by atoms with van der Waals surface area (Å²) in [7, 11) is 0. The molecule has 0 spiro atoms. The van der Waals surface area contributed by atoms with Crippen molar-refractivity contribution in [2.75, 3.05) is 6.54 Å². The lowest BCUT2D eigenvalue weighted by molar-refractivity contribution is 0.243. The van der Waals surface area contributed by atoms with E-state index in [1.165, 1.54) is 16.0 Å². The van der Waals surface area contributed by atoms with Gasteiger partial charge in [0.2, 0.25) is 0 Å². The van der Waals surface area contributed by atoms with E-state index in [0.717, 1.165) is 36.3 Å². The number of rotatable bonds is 4. The Balaban J connectivity index is 1.36. The van der Waals surface area contributed by atoms with E-state index in [9.17, 15) is 4.79 Å². The average molecular weight is 401 g/mol. The van der Waals surface area contributed by atoms with Crippen molar-refractivity contribution in [3.05, 3.63) is 92.8 Å². The topological polar surface area (TPSA) is 61.9 Å². The second kappa shape index (κ2) is 7.73. The monoisotopic (exact) mass is 400 g/mol. The number of thiophene rings is 1. The van der Waals surface area contributed by atoms with Gasteiger partial charge in [-0.1, -0.05) is 30.3 Å². The van der Waals surface area contributed by atoms with E-state index < -0.39 is 0 Å². The molecule has 1 aliphatic rings. The van der Waals surface area contributed by atoms with Gasteiger partial charge in [0, 0.05) is 48.0 Å². The summed E-state index contributed by atoms with van der Waals surface area (Å²) in [4.78, 5) is 28.0. The Hall–Kier alpha value is -3.09. The molecule has 0 amide bonds. The predicted octanol–water partition coefficient (Wildman–Crippen LogP) is 4.12. The Morgan fingerprint density at radius 3 is 2.76 bits per heavy atom. The summed E-state index contributed by atoms with van der Waals surface area (Å²) in [5, 5.41) is 2.21. The van der Waals surface area contributed by atoms with Crippen LogP contribution in [0.25, 0.3) is 22.5 Å². The van der Waals surface area contributed by atoms with Crippen LogP contribution >= 0.6 is 11.3 Å². The maximum Gasteiger partial charge on any atom is 0.254 e. The number of nitrogens with zero attached hydrogens (tertiary/aromatic N) is 3. The fraction of sp³-hybridized carbons (Fsp3) is 0.174. The van der Waals surface area contributed by atoms with E-state index in [-0.39, 0.29) is 5.56 Å². The number of aromatic nitrogens is 3. The number of benzene rings is 1. The van der Waals surface area contributed by atoms with E-state index >= 15 is 0 Å². The highest BCUT2D eigenvalue weighted by molar-refractivity contribution is 7.10. The number of H-pyrrole nitrogens is 1. The first-order valence-corrected chi connectivity index (χ1v) is 10.5. The van der Waals surface area contributed by atoms with Gasteiger partial charge in [-0.25, -0.2) is 4.98 Å². The Bertz CT molecular complexity index is 1180. The van der Waals surface area contributed by atoms with Crippen LogP contribution in [0, 0.1) is 0 Å². The number of nitrogens with one attached hydrogen (secondary N) is 1. The van der Waals surface area contributed by atoms with E-state index in [2.05, 4.69) is 50.6 Å². The highest BCUT2D eigenvalue weighted by atomic mass is 32.1. The highest BCUT2D eigenvalue weighted by Gasteiger charge is 2.22. The maximum atomic E-state index is 12.6. The third-order valence-electron chi connectivity index (χ3n) is 5.23. The summed E-state index contributed by atoms with van der Waals surface area (Å²) in [6, 6.07) is 16.5. The summed E-state index contributed by atoms with van der Waals surface area (Å²) in [6.07, 6.45) is 4.16. The first-order valence-electron chi connectivity index (χ1n) is 9.64. The zero-order valence-corrected chi connectivity index (χ0v) is 16.7. The van der Waals surface area contributed by atoms with Crippen LogP contribution in [0.1, 0.15) is 16.1 Å². The van der Waals surface area contributed by atoms with Gasteiger partial charge >= 0.3 is 0 Å². The lowest BCUT2D eigenvalue weighted by Gasteiger charge is -2.27. The number of hydrogen-bond acceptors (Lipinski definition) is 5. The summed E-state index contributed by atoms with van der Waals surface area (Å²) >= 11 is 1.78. The van der Waals surface area contributed by atoms with E-state index in [4.69, 9.17) is 4.98 Å². The molecule has 0 atom stereocenters. The van der Waals surface area contributed by atoms with Crippen molar-refractivity contribution in [1.29, 1.82) is 0 Å². The van der Waals surface area contributed by atoms with Gasteiger partial charge in [0.25, 0.3) is 5.56 Å². The molecule has 3 aromatic heterocycles. The third-order valence-corrected chi connectivity index (χ3v) is 6.15. The lowest BCUT2D eigenvalue weighted by Crippen LogP contribution is -2.34. The van der Waals surface area contributed by atoms with Gasteiger partial charge < -0.3 is 4.98 Å². The molecule has 5 nitrogen and oxygen atoms in total. The van der Waals surface area contributed by atoms with E-state index in [0.29, 0.717) is 12.4 Å². The molecular weight excluding hydrogens is 380 g/mol. The molecular formula is C23H20N4OS. The Morgan fingerprint density at radius 1 is 1.07 bits per heavy atom. The summed E-state index contributed by atoms with van der Waals surface area (Å²) < 4.78 is 0. The van der Waals surface area contributed by atoms with Crippen LogP contribution in [-0.4, -0.2) is 26.4 Å². The molecule has 0 fully saturated rings. The SMILES string of the molecule is O=c1[nH]c(-c2cccnc2)nc2c1CCN(Cc1cc(-c3ccccc3)cs1)C2. The summed E-state index contributed by atoms with van der Waals surface area (Å²) in [6.45, 7) is 2.42. The molecule has 5 rings (SSSR count). The fourth-order valence-electron chi connectivity index (χ4n) is 3.73. The van der Waals surface area contributed by atoms with Gasteiger partial charge in [-0.3, -0.25) is 14.7 Å². The second-order valence-corrected chi connectivity index (χ2v) is 8.21. The van der Waals surface area contributed by atoms with Gasteiger partial charge in [-0.05, 0) is 41.1 Å². The molecule has 1 aliphatic heterocycles. The van der Waals surface area contributed by atoms with Crippen LogP contribution in [0.3, 0.4) is 0 Å². The molecule has 4 heterocycles. The van der Waals surface area contributed by atoms with Crippen molar-refractivity contribution in [3.63, 3.8) is 0 Å². The largest absolute Gasteiger partial charge is 0.306 e. The summed E-state index contributed by atoms with van der Waals surface area (Å²) in [5.74, 6) is 0.589. The molecule has 0 bridgehead atoms. The second-order valence-electron chi connectivity index (χ2n) is 7.21. The molecule has 4 aromatic rings. The molecule has 1 N–H and O–H groups in total. The number of pyridine rings is 1. The smallest absolute Gasteiger partial charge is 0.254 e. The lowest BCUT2D eigenvalue weighted by atomic mass is 10.1. The van der Waals surface area contributed by atoms with Crippen LogP contribution in [0.15, 0.2) is 71.1 Å². The molecule has 0 radical (unpaired) electrons. The van der Waals surface area contributed by atoms with E-state index in [1.807, 2.05) is 18.2 Å². The molecule has 6 heteroatoms. The Morgan fingerprint density at radius 2 is 1.93 bits per heavy atom. The normalized spacial score (nSPS) is 13.9. The van der Waals surface area contributed by atoms with Crippen molar-refractivity contribution < 1.29 is 0 Å². The quantitative estimate of drug-likeness (QED) is 0.560. The molecule has 29 heavy (non-hydrogen) atoms. The fourth-order valence-corrected chi connectivity index (χ4v) is 4.67. The van der Waals surface area contributed by atoms with Crippen molar-refractivity contribution in [1.82, 2.24) is 19.9 Å². The zero-order chi connectivity index (χ0) is 19.6. The van der Waals surface area contributed by atoms with Crippen molar-refractivity contribution in [2.24, 2.45) is 0 Å². The molecule has 144 valence electrons. The molecule has 0 saturated heterocycles. The minimum absolute atomic E-state index is 0.0315. The Kier molecular flexibility index (Phi) is 4.79. The average Bonchev–Trinajstić information content (AvgIpc) is 3.23. The van der Waals surface area contributed by atoms with Crippen LogP contribution in [0.5, 0.6) is 0 Å². The van der Waals surface area contributed by atoms with Gasteiger partial charge in [0.1, 0.15) is 5.82 Å². The van der Waals surface area contributed by atoms with Gasteiger partial charge in [0.15, 0.2) is 0 Å². The van der Waals surface area contributed by atoms with Crippen molar-refractivity contribution in [2.45, 2.75) is 19.5 Å². The van der Waals surface area contributed by atoms with Crippen LogP contribution in [0.4, 0.5) is 0 Å². The minimum atomic E-state index is -0.0315. The Labute approximate surface area is 172 Å². The first-order chi connectivity index (χ1) is 14.3. The number of hydrogen-bond donors (Lipinski definition) is 1. The summed E-state index contributed by atoms with van der Waals surface area (Å²) in [5.41, 5.74) is 4.99. The van der Waals surface area contributed by atoms with Crippen molar-refractivity contribution in [3.8, 4) is 22.5 Å². The molecule has 0 aliphatic carbocycles. The van der Waals surface area contributed by atoms with Gasteiger partial charge in [0.05, 0.1) is 5.69 Å². The van der Waals surface area contributed by atoms with Crippen LogP contribution < -0.4 is 5.56 Å². The predicted molar refractivity (Wildman–Crippen MR) is 116 cm³/mol. The molecule has 0 unspecified atom stereocenters. The van der Waals surface area contributed by atoms with Gasteiger partial charge in [-0.2, -0.15) is 0 Å². The molecule has 1 aromatic carbocycles. The third kappa shape index (κ3) is 3.77. The van der Waals surface area contributed by atoms with Crippen molar-refractivity contribution >= 4 is 11.3 Å². The molecule has 0 saturated carbocycles. The van der Waals surface area contributed by atoms with Crippen LogP contribution in [0.2, 0.25) is 0 Å². The zero-order valence-electron chi connectivity index (χ0n) is 15.8. The number of aromatic amines is 1. The first kappa shape index (κ1) is 18.0. The number of fused-ring (bicyclic) bond motifs is 1. The van der Waals surface area contributed by atoms with E-state index in [1.54, 1.807) is 23.7 Å². The highest BCUT2D eigenvalue weighted by Crippen LogP contribution is 2.27. The standard InChI is InChI=1S/C23H20N4OS/c28-23-20-8-10-27(13-19-11-18(15-29-19)16-5-2-1-3-6-16)14-21(20)25-22(26-23)17-7-4-9-24-12-17/h1-7,9,11-12,15H,8,10,13-14H2,(H,25,26,28). The van der Waals surface area contributed by atoms with Crippen LogP contribution in [-0.2, 0) is 19.5 Å².